The second-order valence-corrected chi connectivity index (χ2v) is 6.12. The minimum absolute atomic E-state index is 0.517. The zero-order valence-corrected chi connectivity index (χ0v) is 12.6. The quantitative estimate of drug-likeness (QED) is 0.870. The van der Waals surface area contributed by atoms with Crippen LogP contribution in [0.25, 0.3) is 11.0 Å². The third kappa shape index (κ3) is 2.57. The maximum absolute atomic E-state index is 6.02. The van der Waals surface area contributed by atoms with E-state index in [4.69, 9.17) is 23.8 Å². The van der Waals surface area contributed by atoms with Gasteiger partial charge in [0.25, 0.3) is 0 Å². The van der Waals surface area contributed by atoms with E-state index in [0.29, 0.717) is 6.04 Å². The number of halogens is 1. The summed E-state index contributed by atoms with van der Waals surface area (Å²) in [5, 5.41) is 0.739. The summed E-state index contributed by atoms with van der Waals surface area (Å²) in [6, 6.07) is 6.41. The van der Waals surface area contributed by atoms with Crippen molar-refractivity contribution in [3.63, 3.8) is 0 Å². The van der Waals surface area contributed by atoms with Crippen LogP contribution in [0.2, 0.25) is 5.02 Å². The summed E-state index contributed by atoms with van der Waals surface area (Å²) < 4.78 is 2.97. The lowest BCUT2D eigenvalue weighted by molar-refractivity contribution is 0.237. The molecule has 0 bridgehead atoms. The number of nitrogens with one attached hydrogen (secondary N) is 1. The van der Waals surface area contributed by atoms with Gasteiger partial charge < -0.3 is 9.55 Å². The summed E-state index contributed by atoms with van der Waals surface area (Å²) in [7, 11) is 0. The average molecular weight is 296 g/mol. The van der Waals surface area contributed by atoms with Gasteiger partial charge in [-0.3, -0.25) is 4.90 Å². The Bertz CT molecular complexity index is 640. The molecule has 0 saturated carbocycles. The Hall–Kier alpha value is -0.840. The number of imidazole rings is 1. The Kier molecular flexibility index (Phi) is 3.65. The summed E-state index contributed by atoms with van der Waals surface area (Å²) in [5.74, 6) is 0. The molecular formula is C14H18ClN3S. The smallest absolute Gasteiger partial charge is 0.178 e. The van der Waals surface area contributed by atoms with Crippen LogP contribution in [-0.2, 0) is 6.54 Å². The third-order valence-corrected chi connectivity index (χ3v) is 4.50. The SMILES string of the molecule is CC(Cn1c(=S)[nH]c2cc(Cl)ccc21)N1CCCC1. The molecule has 1 aromatic carbocycles. The van der Waals surface area contributed by atoms with Gasteiger partial charge in [-0.25, -0.2) is 0 Å². The lowest BCUT2D eigenvalue weighted by atomic mass is 10.2. The minimum Gasteiger partial charge on any atom is -0.331 e. The molecule has 1 unspecified atom stereocenters. The van der Waals surface area contributed by atoms with Crippen molar-refractivity contribution in [1.82, 2.24) is 14.5 Å². The number of aromatic nitrogens is 2. The normalized spacial score (nSPS) is 18.2. The Morgan fingerprint density at radius 1 is 1.37 bits per heavy atom. The Morgan fingerprint density at radius 3 is 2.84 bits per heavy atom. The van der Waals surface area contributed by atoms with E-state index in [1.54, 1.807) is 0 Å². The molecule has 1 aliphatic heterocycles. The third-order valence-electron chi connectivity index (χ3n) is 3.95. The highest BCUT2D eigenvalue weighted by Gasteiger charge is 2.19. The van der Waals surface area contributed by atoms with Gasteiger partial charge >= 0.3 is 0 Å². The van der Waals surface area contributed by atoms with Crippen LogP contribution in [0.15, 0.2) is 18.2 Å². The summed E-state index contributed by atoms with van der Waals surface area (Å²) in [6.07, 6.45) is 2.64. The molecule has 102 valence electrons. The summed E-state index contributed by atoms with van der Waals surface area (Å²) in [5.41, 5.74) is 2.16. The van der Waals surface area contributed by atoms with Gasteiger partial charge in [-0.15, -0.1) is 0 Å². The molecule has 1 aromatic heterocycles. The van der Waals surface area contributed by atoms with Crippen molar-refractivity contribution < 1.29 is 0 Å². The lowest BCUT2D eigenvalue weighted by Gasteiger charge is -2.24. The van der Waals surface area contributed by atoms with Crippen LogP contribution in [0.5, 0.6) is 0 Å². The van der Waals surface area contributed by atoms with Crippen molar-refractivity contribution in [1.29, 1.82) is 0 Å². The highest BCUT2D eigenvalue weighted by molar-refractivity contribution is 7.71. The first kappa shape index (κ1) is 13.2. The first-order chi connectivity index (χ1) is 9.15. The zero-order valence-electron chi connectivity index (χ0n) is 11.0. The number of hydrogen-bond donors (Lipinski definition) is 1. The fraction of sp³-hybridized carbons (Fsp3) is 0.500. The van der Waals surface area contributed by atoms with Gasteiger partial charge in [-0.1, -0.05) is 11.6 Å². The van der Waals surface area contributed by atoms with Crippen LogP contribution in [0, 0.1) is 4.77 Å². The summed E-state index contributed by atoms with van der Waals surface area (Å²) in [6.45, 7) is 5.63. The van der Waals surface area contributed by atoms with Crippen LogP contribution < -0.4 is 0 Å². The molecule has 1 atom stereocenters. The van der Waals surface area contributed by atoms with Gasteiger partial charge in [-0.2, -0.15) is 0 Å². The first-order valence-corrected chi connectivity index (χ1v) is 7.56. The van der Waals surface area contributed by atoms with Crippen molar-refractivity contribution in [2.24, 2.45) is 0 Å². The molecular weight excluding hydrogens is 278 g/mol. The molecule has 0 spiro atoms. The van der Waals surface area contributed by atoms with Crippen molar-refractivity contribution in [3.8, 4) is 0 Å². The minimum atomic E-state index is 0.517. The lowest BCUT2D eigenvalue weighted by Crippen LogP contribution is -2.33. The highest BCUT2D eigenvalue weighted by Crippen LogP contribution is 2.21. The molecule has 0 aliphatic carbocycles. The van der Waals surface area contributed by atoms with Gasteiger partial charge in [0, 0.05) is 17.6 Å². The predicted molar refractivity (Wildman–Crippen MR) is 82.4 cm³/mol. The Labute approximate surface area is 123 Å². The number of aromatic amines is 1. The van der Waals surface area contributed by atoms with Crippen molar-refractivity contribution in [2.45, 2.75) is 32.4 Å². The van der Waals surface area contributed by atoms with Gasteiger partial charge in [-0.05, 0) is 63.3 Å². The fourth-order valence-electron chi connectivity index (χ4n) is 2.88. The Morgan fingerprint density at radius 2 is 2.11 bits per heavy atom. The molecule has 1 fully saturated rings. The monoisotopic (exact) mass is 295 g/mol. The average Bonchev–Trinajstić information content (AvgIpc) is 2.98. The molecule has 2 heterocycles. The fourth-order valence-corrected chi connectivity index (χ4v) is 3.33. The van der Waals surface area contributed by atoms with E-state index < -0.39 is 0 Å². The van der Waals surface area contributed by atoms with Crippen LogP contribution in [0.1, 0.15) is 19.8 Å². The van der Waals surface area contributed by atoms with Gasteiger partial charge in [0.1, 0.15) is 0 Å². The molecule has 0 radical (unpaired) electrons. The highest BCUT2D eigenvalue weighted by atomic mass is 35.5. The summed E-state index contributed by atoms with van der Waals surface area (Å²) >= 11 is 11.5. The number of likely N-dealkylation sites (tertiary alicyclic amines) is 1. The molecule has 0 amide bonds. The van der Waals surface area contributed by atoms with E-state index in [9.17, 15) is 0 Å². The molecule has 2 aromatic rings. The number of rotatable bonds is 3. The second-order valence-electron chi connectivity index (χ2n) is 5.29. The van der Waals surface area contributed by atoms with Crippen molar-refractivity contribution in [3.05, 3.63) is 28.0 Å². The standard InChI is InChI=1S/C14H18ClN3S/c1-10(17-6-2-3-7-17)9-18-13-5-4-11(15)8-12(13)16-14(18)19/h4-5,8,10H,2-3,6-7,9H2,1H3,(H,16,19). The first-order valence-electron chi connectivity index (χ1n) is 6.77. The van der Waals surface area contributed by atoms with Crippen LogP contribution >= 0.6 is 23.8 Å². The van der Waals surface area contributed by atoms with E-state index in [1.165, 1.54) is 25.9 Å². The van der Waals surface area contributed by atoms with Crippen molar-refractivity contribution >= 4 is 34.9 Å². The molecule has 1 N–H and O–H groups in total. The molecule has 3 rings (SSSR count). The van der Waals surface area contributed by atoms with E-state index in [1.807, 2.05) is 18.2 Å². The molecule has 19 heavy (non-hydrogen) atoms. The van der Waals surface area contributed by atoms with E-state index in [2.05, 4.69) is 21.4 Å². The van der Waals surface area contributed by atoms with E-state index in [0.717, 1.165) is 27.4 Å². The largest absolute Gasteiger partial charge is 0.331 e. The second kappa shape index (κ2) is 5.27. The molecule has 3 nitrogen and oxygen atoms in total. The van der Waals surface area contributed by atoms with Crippen LogP contribution in [-0.4, -0.2) is 33.6 Å². The van der Waals surface area contributed by atoms with Gasteiger partial charge in [0.05, 0.1) is 11.0 Å². The Balaban J connectivity index is 1.91. The van der Waals surface area contributed by atoms with E-state index in [-0.39, 0.29) is 0 Å². The number of nitrogens with zero attached hydrogens (tertiary/aromatic N) is 2. The number of fused-ring (bicyclic) bond motifs is 1. The van der Waals surface area contributed by atoms with Crippen LogP contribution in [0.4, 0.5) is 0 Å². The molecule has 5 heteroatoms. The molecule has 1 saturated heterocycles. The number of benzene rings is 1. The molecule has 1 aliphatic rings. The zero-order chi connectivity index (χ0) is 13.4. The predicted octanol–water partition coefficient (Wildman–Crippen LogP) is 3.84. The van der Waals surface area contributed by atoms with Gasteiger partial charge in [0.15, 0.2) is 4.77 Å². The number of H-pyrrole nitrogens is 1. The van der Waals surface area contributed by atoms with Gasteiger partial charge in [0.2, 0.25) is 0 Å². The van der Waals surface area contributed by atoms with Crippen LogP contribution in [0.3, 0.4) is 0 Å². The van der Waals surface area contributed by atoms with Crippen molar-refractivity contribution in [2.75, 3.05) is 13.1 Å². The summed E-state index contributed by atoms with van der Waals surface area (Å²) in [4.78, 5) is 5.78. The number of hydrogen-bond acceptors (Lipinski definition) is 2. The van der Waals surface area contributed by atoms with E-state index >= 15 is 0 Å². The topological polar surface area (TPSA) is 24.0 Å². The maximum atomic E-state index is 6.02. The maximum Gasteiger partial charge on any atom is 0.178 e.